The van der Waals surface area contributed by atoms with E-state index < -0.39 is 32.7 Å². The molecule has 2 aromatic rings. The Hall–Kier alpha value is -3.01. The van der Waals surface area contributed by atoms with Crippen LogP contribution >= 0.6 is 0 Å². The molecule has 0 aromatic heterocycles. The number of non-ortho nitro benzene ring substituents is 1. The summed E-state index contributed by atoms with van der Waals surface area (Å²) in [4.78, 5) is 22.9. The molecule has 1 N–H and O–H groups in total. The number of nitrogens with one attached hydrogen (secondary N) is 1. The van der Waals surface area contributed by atoms with E-state index in [9.17, 15) is 27.7 Å². The average molecular weight is 395 g/mol. The van der Waals surface area contributed by atoms with Crippen LogP contribution < -0.4 is 9.62 Å². The van der Waals surface area contributed by atoms with Gasteiger partial charge in [0.25, 0.3) is 5.69 Å². The van der Waals surface area contributed by atoms with Gasteiger partial charge >= 0.3 is 0 Å². The van der Waals surface area contributed by atoms with Gasteiger partial charge in [0.2, 0.25) is 15.9 Å². The highest BCUT2D eigenvalue weighted by molar-refractivity contribution is 7.92. The topological polar surface area (TPSA) is 110 Å². The second-order valence-corrected chi connectivity index (χ2v) is 7.59. The lowest BCUT2D eigenvalue weighted by Crippen LogP contribution is -2.47. The molecular formula is C17H18FN3O5S. The maximum Gasteiger partial charge on any atom is 0.271 e. The van der Waals surface area contributed by atoms with Crippen LogP contribution in [0.25, 0.3) is 0 Å². The number of rotatable bonds is 7. The van der Waals surface area contributed by atoms with Crippen LogP contribution in [0.2, 0.25) is 0 Å². The van der Waals surface area contributed by atoms with Gasteiger partial charge in [-0.3, -0.25) is 19.2 Å². The van der Waals surface area contributed by atoms with Gasteiger partial charge in [-0.2, -0.15) is 0 Å². The molecule has 0 bridgehead atoms. The number of sulfonamides is 1. The third-order valence-electron chi connectivity index (χ3n) is 3.74. The van der Waals surface area contributed by atoms with Crippen molar-refractivity contribution in [2.75, 3.05) is 15.9 Å². The van der Waals surface area contributed by atoms with Gasteiger partial charge in [-0.15, -0.1) is 0 Å². The number of nitro groups is 1. The Morgan fingerprint density at radius 3 is 2.48 bits per heavy atom. The first kappa shape index (κ1) is 20.3. The summed E-state index contributed by atoms with van der Waals surface area (Å²) < 4.78 is 39.5. The number of carbonyl (C=O) groups is 1. The second kappa shape index (κ2) is 8.12. The maximum atomic E-state index is 14.2. The minimum Gasteiger partial charge on any atom is -0.324 e. The quantitative estimate of drug-likeness (QED) is 0.573. The van der Waals surface area contributed by atoms with E-state index in [1.54, 1.807) is 6.92 Å². The Bertz CT molecular complexity index is 965. The zero-order valence-electron chi connectivity index (χ0n) is 14.6. The minimum absolute atomic E-state index is 0.0577. The standard InChI is InChI=1S/C17H18FN3O5S/c1-3-15(17(22)19-12-7-6-8-13(11-12)21(23)24)20(27(2,25)26)16-10-5-4-9-14(16)18/h4-11,15H,3H2,1-2H3,(H,19,22). The van der Waals surface area contributed by atoms with Gasteiger partial charge in [0.05, 0.1) is 16.9 Å². The normalized spacial score (nSPS) is 12.3. The number of carbonyl (C=O) groups excluding carboxylic acids is 1. The van der Waals surface area contributed by atoms with E-state index in [-0.39, 0.29) is 23.5 Å². The summed E-state index contributed by atoms with van der Waals surface area (Å²) in [6.45, 7) is 1.58. The second-order valence-electron chi connectivity index (χ2n) is 5.73. The van der Waals surface area contributed by atoms with E-state index in [0.717, 1.165) is 22.7 Å². The van der Waals surface area contributed by atoms with Crippen molar-refractivity contribution in [1.29, 1.82) is 0 Å². The molecule has 0 radical (unpaired) electrons. The van der Waals surface area contributed by atoms with Crippen molar-refractivity contribution in [3.63, 3.8) is 0 Å². The van der Waals surface area contributed by atoms with Gasteiger partial charge in [0.15, 0.2) is 0 Å². The minimum atomic E-state index is -3.99. The number of anilines is 2. The summed E-state index contributed by atoms with van der Waals surface area (Å²) in [7, 11) is -3.99. The molecule has 8 nitrogen and oxygen atoms in total. The van der Waals surface area contributed by atoms with Crippen molar-refractivity contribution in [2.24, 2.45) is 0 Å². The van der Waals surface area contributed by atoms with E-state index in [0.29, 0.717) is 0 Å². The van der Waals surface area contributed by atoms with Gasteiger partial charge in [0, 0.05) is 17.8 Å². The number of nitrogens with zero attached hydrogens (tertiary/aromatic N) is 2. The van der Waals surface area contributed by atoms with E-state index in [4.69, 9.17) is 0 Å². The van der Waals surface area contributed by atoms with Gasteiger partial charge in [-0.1, -0.05) is 25.1 Å². The molecule has 1 unspecified atom stereocenters. The molecule has 2 rings (SSSR count). The highest BCUT2D eigenvalue weighted by Crippen LogP contribution is 2.26. The van der Waals surface area contributed by atoms with Crippen LogP contribution in [0.1, 0.15) is 13.3 Å². The monoisotopic (exact) mass is 395 g/mol. The summed E-state index contributed by atoms with van der Waals surface area (Å²) in [5, 5.41) is 13.3. The largest absolute Gasteiger partial charge is 0.324 e. The molecule has 1 amide bonds. The Morgan fingerprint density at radius 1 is 1.26 bits per heavy atom. The van der Waals surface area contributed by atoms with E-state index in [2.05, 4.69) is 5.32 Å². The molecule has 10 heteroatoms. The third kappa shape index (κ3) is 4.79. The zero-order valence-corrected chi connectivity index (χ0v) is 15.4. The summed E-state index contributed by atoms with van der Waals surface area (Å²) in [6, 6.07) is 9.22. The fourth-order valence-corrected chi connectivity index (χ4v) is 3.80. The fraction of sp³-hybridized carbons (Fsp3) is 0.235. The number of halogens is 1. The molecule has 0 aliphatic carbocycles. The maximum absolute atomic E-state index is 14.2. The smallest absolute Gasteiger partial charge is 0.271 e. The number of nitro benzene ring substituents is 1. The van der Waals surface area contributed by atoms with Crippen molar-refractivity contribution >= 4 is 33.0 Å². The summed E-state index contributed by atoms with van der Waals surface area (Å²) in [5.41, 5.74) is -0.342. The molecule has 2 aromatic carbocycles. The first-order chi connectivity index (χ1) is 12.6. The van der Waals surface area contributed by atoms with Crippen molar-refractivity contribution in [2.45, 2.75) is 19.4 Å². The highest BCUT2D eigenvalue weighted by atomic mass is 32.2. The van der Waals surface area contributed by atoms with Gasteiger partial charge < -0.3 is 5.32 Å². The Labute approximate surface area is 155 Å². The van der Waals surface area contributed by atoms with Crippen LogP contribution in [0, 0.1) is 15.9 Å². The predicted molar refractivity (Wildman–Crippen MR) is 99.5 cm³/mol. The lowest BCUT2D eigenvalue weighted by Gasteiger charge is -2.30. The lowest BCUT2D eigenvalue weighted by atomic mass is 10.1. The summed E-state index contributed by atoms with van der Waals surface area (Å²) >= 11 is 0. The molecule has 0 saturated carbocycles. The molecule has 0 fully saturated rings. The van der Waals surface area contributed by atoms with E-state index in [1.165, 1.54) is 36.4 Å². The van der Waals surface area contributed by atoms with Crippen LogP contribution in [0.4, 0.5) is 21.5 Å². The molecule has 27 heavy (non-hydrogen) atoms. The van der Waals surface area contributed by atoms with Gasteiger partial charge in [-0.05, 0) is 24.6 Å². The Morgan fingerprint density at radius 2 is 1.93 bits per heavy atom. The van der Waals surface area contributed by atoms with Crippen LogP contribution in [0.15, 0.2) is 48.5 Å². The average Bonchev–Trinajstić information content (AvgIpc) is 2.59. The van der Waals surface area contributed by atoms with Crippen molar-refractivity contribution in [3.8, 4) is 0 Å². The molecule has 0 heterocycles. The van der Waals surface area contributed by atoms with Crippen molar-refractivity contribution in [3.05, 3.63) is 64.5 Å². The fourth-order valence-electron chi connectivity index (χ4n) is 2.59. The predicted octanol–water partition coefficient (Wildman–Crippen LogP) is 2.92. The lowest BCUT2D eigenvalue weighted by molar-refractivity contribution is -0.384. The summed E-state index contributed by atoms with van der Waals surface area (Å²) in [5.74, 6) is -1.52. The number of para-hydroxylation sites is 1. The molecule has 144 valence electrons. The van der Waals surface area contributed by atoms with Gasteiger partial charge in [0.1, 0.15) is 11.9 Å². The van der Waals surface area contributed by atoms with Crippen molar-refractivity contribution < 1.29 is 22.5 Å². The highest BCUT2D eigenvalue weighted by Gasteiger charge is 2.33. The zero-order chi connectivity index (χ0) is 20.2. The van der Waals surface area contributed by atoms with Crippen LogP contribution in [0.5, 0.6) is 0 Å². The van der Waals surface area contributed by atoms with Crippen LogP contribution in [-0.4, -0.2) is 31.5 Å². The van der Waals surface area contributed by atoms with E-state index in [1.807, 2.05) is 0 Å². The Kier molecular flexibility index (Phi) is 6.11. The number of hydrogen-bond donors (Lipinski definition) is 1. The van der Waals surface area contributed by atoms with Crippen LogP contribution in [0.3, 0.4) is 0 Å². The third-order valence-corrected chi connectivity index (χ3v) is 4.91. The molecular weight excluding hydrogens is 377 g/mol. The van der Waals surface area contributed by atoms with Gasteiger partial charge in [-0.25, -0.2) is 12.8 Å². The van der Waals surface area contributed by atoms with Crippen LogP contribution in [-0.2, 0) is 14.8 Å². The first-order valence-electron chi connectivity index (χ1n) is 7.94. The SMILES string of the molecule is CCC(C(=O)Nc1cccc([N+](=O)[O-])c1)N(c1ccccc1F)S(C)(=O)=O. The number of benzene rings is 2. The molecule has 0 spiro atoms. The molecule has 0 saturated heterocycles. The molecule has 1 atom stereocenters. The van der Waals surface area contributed by atoms with E-state index >= 15 is 0 Å². The number of amides is 1. The molecule has 0 aliphatic heterocycles. The molecule has 0 aliphatic rings. The first-order valence-corrected chi connectivity index (χ1v) is 9.79. The van der Waals surface area contributed by atoms with Crippen molar-refractivity contribution in [1.82, 2.24) is 0 Å². The summed E-state index contributed by atoms with van der Waals surface area (Å²) in [6.07, 6.45) is 0.935. The number of hydrogen-bond acceptors (Lipinski definition) is 5. The Balaban J connectivity index is 2.40.